The van der Waals surface area contributed by atoms with Crippen LogP contribution < -0.4 is 5.19 Å². The van der Waals surface area contributed by atoms with Crippen LogP contribution in [-0.4, -0.2) is 53.2 Å². The van der Waals surface area contributed by atoms with Crippen LogP contribution in [-0.2, 0) is 13.3 Å². The predicted octanol–water partition coefficient (Wildman–Crippen LogP) is 0.974. The summed E-state index contributed by atoms with van der Waals surface area (Å²) in [6, 6.07) is 8.10. The first-order chi connectivity index (χ1) is 8.78. The molecule has 98 valence electrons. The van der Waals surface area contributed by atoms with Gasteiger partial charge >= 0.3 is 8.80 Å². The van der Waals surface area contributed by atoms with Crippen LogP contribution in [0.1, 0.15) is 0 Å². The Labute approximate surface area is 116 Å². The van der Waals surface area contributed by atoms with E-state index in [1.807, 2.05) is 24.3 Å². The highest BCUT2D eigenvalue weighted by molar-refractivity contribution is 9.10. The zero-order chi connectivity index (χ0) is 12.4. The molecule has 3 saturated heterocycles. The van der Waals surface area contributed by atoms with E-state index in [1.165, 1.54) is 0 Å². The van der Waals surface area contributed by atoms with E-state index in [2.05, 4.69) is 20.8 Å². The van der Waals surface area contributed by atoms with Gasteiger partial charge in [0.15, 0.2) is 0 Å². The maximum atomic E-state index is 6.00. The highest BCUT2D eigenvalue weighted by Crippen LogP contribution is 2.17. The Balaban J connectivity index is 1.91. The summed E-state index contributed by atoms with van der Waals surface area (Å²) in [7, 11) is -2.67. The van der Waals surface area contributed by atoms with Gasteiger partial charge in [-0.3, -0.25) is 4.90 Å². The fraction of sp³-hybridized carbons (Fsp3) is 0.500. The Bertz CT molecular complexity index is 388. The van der Waals surface area contributed by atoms with E-state index in [9.17, 15) is 0 Å². The average molecular weight is 330 g/mol. The lowest BCUT2D eigenvalue weighted by atomic mass is 10.4. The molecule has 1 aromatic carbocycles. The van der Waals surface area contributed by atoms with Gasteiger partial charge in [0, 0.05) is 29.3 Å². The molecule has 0 radical (unpaired) electrons. The summed E-state index contributed by atoms with van der Waals surface area (Å²) in [5, 5.41) is 1.06. The Hall–Kier alpha value is -0.243. The number of hydrogen-bond acceptors (Lipinski definition) is 4. The number of nitrogens with zero attached hydrogens (tertiary/aromatic N) is 1. The molecule has 0 spiro atoms. The molecule has 0 unspecified atom stereocenters. The second kappa shape index (κ2) is 5.40. The van der Waals surface area contributed by atoms with E-state index < -0.39 is 8.80 Å². The van der Waals surface area contributed by atoms with Crippen LogP contribution in [0.25, 0.3) is 0 Å². The minimum absolute atomic E-state index is 0.683. The van der Waals surface area contributed by atoms with Gasteiger partial charge in [0.1, 0.15) is 0 Å². The zero-order valence-electron chi connectivity index (χ0n) is 10.1. The van der Waals surface area contributed by atoms with Crippen LogP contribution >= 0.6 is 15.9 Å². The molecule has 0 aliphatic carbocycles. The molecule has 0 amide bonds. The summed E-state index contributed by atoms with van der Waals surface area (Å²) >= 11 is 3.45. The van der Waals surface area contributed by atoms with E-state index in [0.717, 1.165) is 29.3 Å². The fourth-order valence-electron chi connectivity index (χ4n) is 2.29. The number of rotatable bonds is 1. The molecule has 18 heavy (non-hydrogen) atoms. The third-order valence-corrected chi connectivity index (χ3v) is 6.62. The lowest BCUT2D eigenvalue weighted by Crippen LogP contribution is -2.62. The molecule has 3 heterocycles. The van der Waals surface area contributed by atoms with Crippen molar-refractivity contribution in [2.24, 2.45) is 0 Å². The maximum absolute atomic E-state index is 6.00. The molecule has 3 aliphatic heterocycles. The minimum atomic E-state index is -2.67. The summed E-state index contributed by atoms with van der Waals surface area (Å²) in [4.78, 5) is 2.32. The summed E-state index contributed by atoms with van der Waals surface area (Å²) in [6.45, 7) is 4.96. The molecule has 6 heteroatoms. The summed E-state index contributed by atoms with van der Waals surface area (Å²) < 4.78 is 19.1. The van der Waals surface area contributed by atoms with Gasteiger partial charge in [0.2, 0.25) is 0 Å². The topological polar surface area (TPSA) is 30.9 Å². The molecule has 0 atom stereocenters. The lowest BCUT2D eigenvalue weighted by Gasteiger charge is -2.38. The summed E-state index contributed by atoms with van der Waals surface area (Å²) in [6.07, 6.45) is 0. The molecule has 0 saturated carbocycles. The zero-order valence-corrected chi connectivity index (χ0v) is 12.7. The highest BCUT2D eigenvalue weighted by Gasteiger charge is 2.46. The van der Waals surface area contributed by atoms with Crippen molar-refractivity contribution in [3.63, 3.8) is 0 Å². The second-order valence-corrected chi connectivity index (χ2v) is 7.92. The average Bonchev–Trinajstić information content (AvgIpc) is 2.28. The lowest BCUT2D eigenvalue weighted by molar-refractivity contribution is 0.00141. The van der Waals surface area contributed by atoms with Crippen molar-refractivity contribution >= 4 is 29.9 Å². The van der Waals surface area contributed by atoms with E-state index in [-0.39, 0.29) is 0 Å². The van der Waals surface area contributed by atoms with Gasteiger partial charge in [-0.1, -0.05) is 28.1 Å². The van der Waals surface area contributed by atoms with Crippen molar-refractivity contribution in [3.8, 4) is 0 Å². The molecule has 4 rings (SSSR count). The number of hydrogen-bond donors (Lipinski definition) is 0. The molecule has 4 nitrogen and oxygen atoms in total. The number of fused-ring (bicyclic) bond motifs is 6. The van der Waals surface area contributed by atoms with Crippen LogP contribution in [0.5, 0.6) is 0 Å². The van der Waals surface area contributed by atoms with Gasteiger partial charge in [0.25, 0.3) is 0 Å². The van der Waals surface area contributed by atoms with E-state index in [4.69, 9.17) is 13.3 Å². The number of halogens is 1. The van der Waals surface area contributed by atoms with Crippen molar-refractivity contribution in [2.45, 2.75) is 0 Å². The van der Waals surface area contributed by atoms with Crippen LogP contribution in [0, 0.1) is 0 Å². The van der Waals surface area contributed by atoms with Gasteiger partial charge in [0.05, 0.1) is 19.8 Å². The van der Waals surface area contributed by atoms with Gasteiger partial charge in [-0.05, 0) is 12.1 Å². The summed E-state index contributed by atoms with van der Waals surface area (Å²) in [5.74, 6) is 0. The highest BCUT2D eigenvalue weighted by atomic mass is 79.9. The molecule has 1 aromatic rings. The largest absolute Gasteiger partial charge is 0.537 e. The smallest absolute Gasteiger partial charge is 0.369 e. The van der Waals surface area contributed by atoms with Crippen LogP contribution in [0.3, 0.4) is 0 Å². The molecular formula is C12H16BrNO3Si. The van der Waals surface area contributed by atoms with Crippen molar-refractivity contribution in [2.75, 3.05) is 39.5 Å². The van der Waals surface area contributed by atoms with Crippen LogP contribution in [0.15, 0.2) is 28.7 Å². The van der Waals surface area contributed by atoms with E-state index in [0.29, 0.717) is 19.8 Å². The van der Waals surface area contributed by atoms with E-state index in [1.54, 1.807) is 0 Å². The first kappa shape index (κ1) is 12.8. The van der Waals surface area contributed by atoms with Gasteiger partial charge in [-0.15, -0.1) is 0 Å². The van der Waals surface area contributed by atoms with Crippen LogP contribution in [0.4, 0.5) is 0 Å². The third-order valence-electron chi connectivity index (χ3n) is 3.30. The molecule has 2 bridgehead atoms. The van der Waals surface area contributed by atoms with Crippen molar-refractivity contribution in [1.82, 2.24) is 4.90 Å². The van der Waals surface area contributed by atoms with Gasteiger partial charge < -0.3 is 13.3 Å². The standard InChI is InChI=1S/C12H16BrNO3Si/c13-11-1-3-12(4-2-11)18-15-8-5-14(6-9-16-18)7-10-17-18/h1-4H,5-10H2. The first-order valence-corrected chi connectivity index (χ1v) is 8.71. The minimum Gasteiger partial charge on any atom is -0.369 e. The second-order valence-electron chi connectivity index (χ2n) is 4.45. The summed E-state index contributed by atoms with van der Waals surface area (Å²) in [5.41, 5.74) is 0. The van der Waals surface area contributed by atoms with Gasteiger partial charge in [-0.25, -0.2) is 0 Å². The Morgan fingerprint density at radius 3 is 1.89 bits per heavy atom. The molecule has 3 fully saturated rings. The number of benzene rings is 1. The maximum Gasteiger partial charge on any atom is 0.537 e. The fourth-order valence-corrected chi connectivity index (χ4v) is 4.96. The molecule has 0 aromatic heterocycles. The Kier molecular flexibility index (Phi) is 3.83. The van der Waals surface area contributed by atoms with Gasteiger partial charge in [-0.2, -0.15) is 0 Å². The molecular weight excluding hydrogens is 314 g/mol. The predicted molar refractivity (Wildman–Crippen MR) is 73.8 cm³/mol. The third kappa shape index (κ3) is 2.54. The Morgan fingerprint density at radius 2 is 1.39 bits per heavy atom. The SMILES string of the molecule is Brc1ccc([Si]23OCCN(CCO2)CCO3)cc1. The Morgan fingerprint density at radius 1 is 0.889 bits per heavy atom. The van der Waals surface area contributed by atoms with Crippen molar-refractivity contribution < 1.29 is 13.3 Å². The molecule has 3 aliphatic rings. The first-order valence-electron chi connectivity index (χ1n) is 6.19. The molecule has 0 N–H and O–H groups in total. The van der Waals surface area contributed by atoms with Crippen LogP contribution in [0.2, 0.25) is 0 Å². The normalized spacial score (nSPS) is 32.6. The monoisotopic (exact) mass is 329 g/mol. The van der Waals surface area contributed by atoms with Crippen molar-refractivity contribution in [1.29, 1.82) is 0 Å². The van der Waals surface area contributed by atoms with Crippen molar-refractivity contribution in [3.05, 3.63) is 28.7 Å². The quantitative estimate of drug-likeness (QED) is 0.718. The van der Waals surface area contributed by atoms with E-state index >= 15 is 0 Å².